The highest BCUT2D eigenvalue weighted by molar-refractivity contribution is 5.97. The molecule has 2 aliphatic heterocycles. The molecule has 0 fully saturated rings. The molecule has 3 aromatic rings. The molecule has 1 atom stereocenters. The van der Waals surface area contributed by atoms with Crippen molar-refractivity contribution >= 4 is 11.5 Å². The molecule has 4 nitrogen and oxygen atoms in total. The zero-order chi connectivity index (χ0) is 21.3. The third-order valence-corrected chi connectivity index (χ3v) is 6.52. The van der Waals surface area contributed by atoms with E-state index in [-0.39, 0.29) is 0 Å². The molecule has 0 saturated heterocycles. The summed E-state index contributed by atoms with van der Waals surface area (Å²) in [6.07, 6.45) is 4.54. The minimum absolute atomic E-state index is 0.582. The van der Waals surface area contributed by atoms with Crippen LogP contribution in [0.5, 0.6) is 5.75 Å². The molecule has 0 aliphatic carbocycles. The van der Waals surface area contributed by atoms with Crippen molar-refractivity contribution in [2.75, 3.05) is 25.1 Å². The van der Waals surface area contributed by atoms with E-state index in [1.165, 1.54) is 24.2 Å². The third-order valence-electron chi connectivity index (χ3n) is 6.52. The number of aliphatic hydroxyl groups is 1. The van der Waals surface area contributed by atoms with E-state index in [9.17, 15) is 5.11 Å². The van der Waals surface area contributed by atoms with Crippen molar-refractivity contribution < 1.29 is 14.4 Å². The largest absolute Gasteiger partial charge is 0.497 e. The predicted octanol–water partition coefficient (Wildman–Crippen LogP) is 5.01. The van der Waals surface area contributed by atoms with E-state index in [1.54, 1.807) is 7.11 Å². The van der Waals surface area contributed by atoms with Crippen LogP contribution in [-0.4, -0.2) is 35.7 Å². The summed E-state index contributed by atoms with van der Waals surface area (Å²) in [7, 11) is 1.68. The van der Waals surface area contributed by atoms with Crippen molar-refractivity contribution in [3.63, 3.8) is 0 Å². The molecule has 0 amide bonds. The molecule has 5 rings (SSSR count). The molecule has 2 heterocycles. The second kappa shape index (κ2) is 8.20. The number of methoxy groups -OCH3 is 1. The molecule has 4 heteroatoms. The Labute approximate surface area is 184 Å². The normalized spacial score (nSPS) is 21.0. The Balaban J connectivity index is 1.55. The van der Waals surface area contributed by atoms with Gasteiger partial charge in [0, 0.05) is 12.0 Å². The summed E-state index contributed by atoms with van der Waals surface area (Å²) in [6.45, 7) is 1.57. The summed E-state index contributed by atoms with van der Waals surface area (Å²) in [5.41, 5.74) is 3.15. The van der Waals surface area contributed by atoms with Crippen molar-refractivity contribution in [1.29, 1.82) is 0 Å². The first-order valence-electron chi connectivity index (χ1n) is 11.1. The number of rotatable bonds is 4. The Bertz CT molecular complexity index is 1070. The number of amidine groups is 1. The summed E-state index contributed by atoms with van der Waals surface area (Å²) < 4.78 is 7.73. The number of hydrogen-bond donors (Lipinski definition) is 1. The highest BCUT2D eigenvalue weighted by Gasteiger charge is 2.54. The monoisotopic (exact) mass is 413 g/mol. The Morgan fingerprint density at radius 2 is 1.55 bits per heavy atom. The lowest BCUT2D eigenvalue weighted by Gasteiger charge is -2.29. The molecule has 1 N–H and O–H groups in total. The van der Waals surface area contributed by atoms with Crippen LogP contribution in [0.2, 0.25) is 0 Å². The van der Waals surface area contributed by atoms with E-state index >= 15 is 0 Å². The average Bonchev–Trinajstić information content (AvgIpc) is 2.95. The van der Waals surface area contributed by atoms with E-state index in [1.807, 2.05) is 30.3 Å². The highest BCUT2D eigenvalue weighted by atomic mass is 16.5. The van der Waals surface area contributed by atoms with Crippen LogP contribution in [0.15, 0.2) is 78.9 Å². The Kier molecular flexibility index (Phi) is 5.24. The van der Waals surface area contributed by atoms with Gasteiger partial charge < -0.3 is 9.84 Å². The van der Waals surface area contributed by atoms with Crippen LogP contribution in [0.3, 0.4) is 0 Å². The minimum Gasteiger partial charge on any atom is -0.497 e. The minimum atomic E-state index is -1.10. The molecule has 0 saturated carbocycles. The van der Waals surface area contributed by atoms with Gasteiger partial charge in [0.05, 0.1) is 13.7 Å². The van der Waals surface area contributed by atoms with Gasteiger partial charge in [0.25, 0.3) is 11.6 Å². The molecule has 0 bridgehead atoms. The Hall–Kier alpha value is -3.11. The molecule has 0 aromatic heterocycles. The zero-order valence-electron chi connectivity index (χ0n) is 18.0. The number of anilines is 1. The van der Waals surface area contributed by atoms with Gasteiger partial charge in [-0.25, -0.2) is 0 Å². The van der Waals surface area contributed by atoms with Gasteiger partial charge in [0.1, 0.15) is 11.4 Å². The fourth-order valence-corrected chi connectivity index (χ4v) is 4.90. The lowest BCUT2D eigenvalue weighted by molar-refractivity contribution is -0.534. The quantitative estimate of drug-likeness (QED) is 0.611. The number of hydrogen-bond acceptors (Lipinski definition) is 3. The predicted molar refractivity (Wildman–Crippen MR) is 125 cm³/mol. The molecule has 31 heavy (non-hydrogen) atoms. The van der Waals surface area contributed by atoms with Gasteiger partial charge in [0.15, 0.2) is 6.54 Å². The SMILES string of the molecule is COc1ccc(N2C3=[N+](CCCCC3)C[C@@]2(O)c2ccc(-c3ccccc3)cc2)cc1. The van der Waals surface area contributed by atoms with Crippen LogP contribution in [-0.2, 0) is 5.72 Å². The highest BCUT2D eigenvalue weighted by Crippen LogP contribution is 2.39. The third kappa shape index (κ3) is 3.61. The molecular formula is C27H29N2O2+. The van der Waals surface area contributed by atoms with Gasteiger partial charge in [-0.1, -0.05) is 54.6 Å². The molecular weight excluding hydrogens is 384 g/mol. The van der Waals surface area contributed by atoms with Crippen molar-refractivity contribution in [2.24, 2.45) is 0 Å². The number of ether oxygens (including phenoxy) is 1. The lowest BCUT2D eigenvalue weighted by Crippen LogP contribution is -2.47. The smallest absolute Gasteiger partial charge is 0.275 e. The second-order valence-electron chi connectivity index (χ2n) is 8.44. The standard InChI is InChI=1S/C27H29N2O2/c1-31-25-17-15-24(16-18-25)29-26-10-6-3-7-19-28(26)20-27(29,30)23-13-11-22(12-14-23)21-8-4-2-5-9-21/h2,4-5,8-9,11-18,30H,3,6-7,10,19-20H2,1H3/q+1/t27-/m1/s1. The van der Waals surface area contributed by atoms with Gasteiger partial charge >= 0.3 is 0 Å². The van der Waals surface area contributed by atoms with Crippen molar-refractivity contribution in [3.8, 4) is 16.9 Å². The second-order valence-corrected chi connectivity index (χ2v) is 8.44. The summed E-state index contributed by atoms with van der Waals surface area (Å²) in [5.74, 6) is 2.04. The van der Waals surface area contributed by atoms with Gasteiger partial charge in [0.2, 0.25) is 0 Å². The number of benzene rings is 3. The number of nitrogens with zero attached hydrogens (tertiary/aromatic N) is 2. The van der Waals surface area contributed by atoms with E-state index < -0.39 is 5.72 Å². The van der Waals surface area contributed by atoms with Gasteiger partial charge in [-0.3, -0.25) is 4.58 Å². The molecule has 3 aromatic carbocycles. The lowest BCUT2D eigenvalue weighted by atomic mass is 9.96. The van der Waals surface area contributed by atoms with Crippen LogP contribution in [0.4, 0.5) is 5.69 Å². The Morgan fingerprint density at radius 1 is 0.839 bits per heavy atom. The summed E-state index contributed by atoms with van der Waals surface area (Å²) >= 11 is 0. The van der Waals surface area contributed by atoms with Crippen LogP contribution in [0, 0.1) is 0 Å². The van der Waals surface area contributed by atoms with Crippen molar-refractivity contribution in [1.82, 2.24) is 0 Å². The van der Waals surface area contributed by atoms with Crippen LogP contribution >= 0.6 is 0 Å². The van der Waals surface area contributed by atoms with E-state index in [0.717, 1.165) is 42.0 Å². The van der Waals surface area contributed by atoms with Crippen LogP contribution in [0.25, 0.3) is 11.1 Å². The topological polar surface area (TPSA) is 35.7 Å². The van der Waals surface area contributed by atoms with E-state index in [2.05, 4.69) is 58.0 Å². The molecule has 0 radical (unpaired) electrons. The fraction of sp³-hybridized carbons (Fsp3) is 0.296. The molecule has 2 aliphatic rings. The maximum Gasteiger partial charge on any atom is 0.275 e. The molecule has 0 unspecified atom stereocenters. The van der Waals surface area contributed by atoms with Crippen LogP contribution < -0.4 is 9.64 Å². The van der Waals surface area contributed by atoms with Crippen LogP contribution in [0.1, 0.15) is 31.2 Å². The summed E-state index contributed by atoms with van der Waals surface area (Å²) in [6, 6.07) is 26.8. The zero-order valence-corrected chi connectivity index (χ0v) is 18.0. The van der Waals surface area contributed by atoms with E-state index in [4.69, 9.17) is 4.74 Å². The maximum atomic E-state index is 12.1. The first-order chi connectivity index (χ1) is 15.2. The first kappa shape index (κ1) is 19.8. The Morgan fingerprint density at radius 3 is 2.26 bits per heavy atom. The molecule has 158 valence electrons. The maximum absolute atomic E-state index is 12.1. The summed E-state index contributed by atoms with van der Waals surface area (Å²) in [5, 5.41) is 12.1. The molecule has 0 spiro atoms. The fourth-order valence-electron chi connectivity index (χ4n) is 4.90. The van der Waals surface area contributed by atoms with Gasteiger partial charge in [-0.2, -0.15) is 4.90 Å². The van der Waals surface area contributed by atoms with Gasteiger partial charge in [-0.15, -0.1) is 0 Å². The van der Waals surface area contributed by atoms with Gasteiger partial charge in [-0.05, 0) is 54.7 Å². The van der Waals surface area contributed by atoms with Crippen molar-refractivity contribution in [2.45, 2.75) is 31.4 Å². The van der Waals surface area contributed by atoms with Crippen molar-refractivity contribution in [3.05, 3.63) is 84.4 Å². The van der Waals surface area contributed by atoms with E-state index in [0.29, 0.717) is 6.54 Å². The first-order valence-corrected chi connectivity index (χ1v) is 11.1. The average molecular weight is 414 g/mol. The summed E-state index contributed by atoms with van der Waals surface area (Å²) in [4.78, 5) is 2.15.